The summed E-state index contributed by atoms with van der Waals surface area (Å²) >= 11 is 0. The van der Waals surface area contributed by atoms with E-state index in [1.165, 1.54) is 5.56 Å². The molecule has 0 radical (unpaired) electrons. The second-order valence-electron chi connectivity index (χ2n) is 8.50. The fourth-order valence-electron chi connectivity index (χ4n) is 3.63. The molecule has 1 amide bonds. The van der Waals surface area contributed by atoms with Gasteiger partial charge in [-0.2, -0.15) is 0 Å². The summed E-state index contributed by atoms with van der Waals surface area (Å²) in [5, 5.41) is 0. The molecule has 0 aromatic carbocycles. The van der Waals surface area contributed by atoms with E-state index in [1.807, 2.05) is 34.6 Å². The Balaban J connectivity index is 1.64. The second kappa shape index (κ2) is 6.62. The number of fused-ring (bicyclic) bond motifs is 2. The zero-order valence-corrected chi connectivity index (χ0v) is 17.1. The van der Waals surface area contributed by atoms with Gasteiger partial charge in [-0.05, 0) is 70.9 Å². The highest BCUT2D eigenvalue weighted by Crippen LogP contribution is 2.28. The number of carbonyl (C=O) groups is 1. The van der Waals surface area contributed by atoms with E-state index in [9.17, 15) is 4.79 Å². The zero-order chi connectivity index (χ0) is 20.1. The number of ether oxygens (including phenoxy) is 1. The first-order chi connectivity index (χ1) is 13.2. The maximum absolute atomic E-state index is 12.4. The highest BCUT2D eigenvalue weighted by molar-refractivity contribution is 5.83. The number of H-pyrrole nitrogens is 1. The predicted molar refractivity (Wildman–Crippen MR) is 109 cm³/mol. The van der Waals surface area contributed by atoms with Crippen molar-refractivity contribution in [2.24, 2.45) is 0 Å². The van der Waals surface area contributed by atoms with Crippen LogP contribution >= 0.6 is 0 Å². The number of carbonyl (C=O) groups excluding carboxylic acids is 1. The lowest BCUT2D eigenvalue weighted by Gasteiger charge is -2.30. The third-order valence-electron chi connectivity index (χ3n) is 4.81. The fraction of sp³-hybridized carbons (Fsp3) is 0.409. The molecule has 6 heteroatoms. The Bertz CT molecular complexity index is 1040. The molecule has 28 heavy (non-hydrogen) atoms. The van der Waals surface area contributed by atoms with E-state index in [0.717, 1.165) is 45.8 Å². The minimum atomic E-state index is -0.495. The number of rotatable bonds is 1. The fourth-order valence-corrected chi connectivity index (χ4v) is 3.63. The van der Waals surface area contributed by atoms with Crippen molar-refractivity contribution < 1.29 is 9.53 Å². The van der Waals surface area contributed by atoms with Gasteiger partial charge in [0.1, 0.15) is 5.60 Å². The summed E-state index contributed by atoms with van der Waals surface area (Å²) in [6, 6.07) is 8.37. The van der Waals surface area contributed by atoms with Gasteiger partial charge in [0.15, 0.2) is 0 Å². The quantitative estimate of drug-likeness (QED) is 0.675. The lowest BCUT2D eigenvalue weighted by Crippen LogP contribution is -2.40. The maximum Gasteiger partial charge on any atom is 0.410 e. The largest absolute Gasteiger partial charge is 0.444 e. The number of hydrogen-bond acceptors (Lipinski definition) is 4. The average molecular weight is 378 g/mol. The van der Waals surface area contributed by atoms with E-state index < -0.39 is 5.60 Å². The molecule has 146 valence electrons. The van der Waals surface area contributed by atoms with Gasteiger partial charge < -0.3 is 14.6 Å². The van der Waals surface area contributed by atoms with Crippen LogP contribution in [-0.2, 0) is 17.7 Å². The average Bonchev–Trinajstić information content (AvgIpc) is 2.99. The van der Waals surface area contributed by atoms with Crippen LogP contribution in [0.25, 0.3) is 22.3 Å². The Morgan fingerprint density at radius 3 is 2.50 bits per heavy atom. The van der Waals surface area contributed by atoms with Gasteiger partial charge in [-0.1, -0.05) is 0 Å². The van der Waals surface area contributed by atoms with Crippen LogP contribution in [0.5, 0.6) is 0 Å². The molecule has 4 rings (SSSR count). The van der Waals surface area contributed by atoms with Crippen LogP contribution in [0.4, 0.5) is 4.79 Å². The van der Waals surface area contributed by atoms with Crippen LogP contribution in [0.2, 0.25) is 0 Å². The predicted octanol–water partition coefficient (Wildman–Crippen LogP) is 4.53. The lowest BCUT2D eigenvalue weighted by atomic mass is 10.0. The van der Waals surface area contributed by atoms with Crippen LogP contribution in [-0.4, -0.2) is 38.1 Å². The van der Waals surface area contributed by atoms with E-state index in [-0.39, 0.29) is 6.09 Å². The van der Waals surface area contributed by atoms with Gasteiger partial charge in [0.2, 0.25) is 0 Å². The van der Waals surface area contributed by atoms with Gasteiger partial charge in [0.25, 0.3) is 0 Å². The van der Waals surface area contributed by atoms with Crippen molar-refractivity contribution >= 4 is 17.1 Å². The molecule has 0 bridgehead atoms. The molecule has 1 N–H and O–H groups in total. The molecule has 1 aliphatic heterocycles. The van der Waals surface area contributed by atoms with Crippen LogP contribution in [0.3, 0.4) is 0 Å². The Labute approximate surface area is 164 Å². The van der Waals surface area contributed by atoms with Crippen LogP contribution < -0.4 is 0 Å². The SMILES string of the molecule is Cc1cc(-c2cc3nc4c(cc3[nH]2)CCN(C(=O)OC(C)(C)C)C4)cc(C)n1. The van der Waals surface area contributed by atoms with E-state index in [4.69, 9.17) is 9.72 Å². The number of aromatic amines is 1. The topological polar surface area (TPSA) is 71.1 Å². The van der Waals surface area contributed by atoms with Crippen molar-refractivity contribution in [3.05, 3.63) is 46.9 Å². The molecule has 0 saturated carbocycles. The summed E-state index contributed by atoms with van der Waals surface area (Å²) in [6.07, 6.45) is 0.497. The molecule has 4 heterocycles. The molecule has 3 aromatic heterocycles. The Kier molecular flexibility index (Phi) is 4.37. The van der Waals surface area contributed by atoms with E-state index >= 15 is 0 Å². The van der Waals surface area contributed by atoms with Crippen molar-refractivity contribution in [1.29, 1.82) is 0 Å². The van der Waals surface area contributed by atoms with Crippen molar-refractivity contribution in [3.63, 3.8) is 0 Å². The Morgan fingerprint density at radius 1 is 1.11 bits per heavy atom. The van der Waals surface area contributed by atoms with Crippen LogP contribution in [0.15, 0.2) is 24.3 Å². The molecule has 3 aromatic rings. The first-order valence-corrected chi connectivity index (χ1v) is 9.63. The highest BCUT2D eigenvalue weighted by atomic mass is 16.6. The van der Waals surface area contributed by atoms with E-state index in [1.54, 1.807) is 4.90 Å². The van der Waals surface area contributed by atoms with E-state index in [0.29, 0.717) is 13.1 Å². The molecule has 0 spiro atoms. The number of nitrogens with one attached hydrogen (secondary N) is 1. The van der Waals surface area contributed by atoms with Crippen molar-refractivity contribution in [1.82, 2.24) is 19.9 Å². The summed E-state index contributed by atoms with van der Waals surface area (Å²) < 4.78 is 5.51. The number of aromatic nitrogens is 3. The summed E-state index contributed by atoms with van der Waals surface area (Å²) in [6.45, 7) is 10.8. The molecular weight excluding hydrogens is 352 g/mol. The molecule has 0 aliphatic carbocycles. The molecule has 0 atom stereocenters. The second-order valence-corrected chi connectivity index (χ2v) is 8.50. The molecular formula is C22H26N4O2. The van der Waals surface area contributed by atoms with Gasteiger partial charge in [0, 0.05) is 29.2 Å². The first kappa shape index (κ1) is 18.5. The lowest BCUT2D eigenvalue weighted by molar-refractivity contribution is 0.0221. The molecule has 0 unspecified atom stereocenters. The summed E-state index contributed by atoms with van der Waals surface area (Å²) in [7, 11) is 0. The number of pyridine rings is 2. The highest BCUT2D eigenvalue weighted by Gasteiger charge is 2.26. The number of aryl methyl sites for hydroxylation is 2. The summed E-state index contributed by atoms with van der Waals surface area (Å²) in [4.78, 5) is 26.9. The number of amides is 1. The summed E-state index contributed by atoms with van der Waals surface area (Å²) in [5.74, 6) is 0. The van der Waals surface area contributed by atoms with Gasteiger partial charge in [-0.3, -0.25) is 4.98 Å². The van der Waals surface area contributed by atoms with Gasteiger partial charge in [0.05, 0.1) is 23.3 Å². The molecule has 6 nitrogen and oxygen atoms in total. The van der Waals surface area contributed by atoms with Crippen molar-refractivity contribution in [2.45, 2.75) is 53.2 Å². The smallest absolute Gasteiger partial charge is 0.410 e. The van der Waals surface area contributed by atoms with Crippen molar-refractivity contribution in [3.8, 4) is 11.3 Å². The molecule has 0 saturated heterocycles. The van der Waals surface area contributed by atoms with Crippen LogP contribution in [0, 0.1) is 13.8 Å². The summed E-state index contributed by atoms with van der Waals surface area (Å²) in [5.41, 5.74) is 7.69. The van der Waals surface area contributed by atoms with Crippen molar-refractivity contribution in [2.75, 3.05) is 6.54 Å². The van der Waals surface area contributed by atoms with E-state index in [2.05, 4.69) is 34.2 Å². The zero-order valence-electron chi connectivity index (χ0n) is 17.1. The number of hydrogen-bond donors (Lipinski definition) is 1. The third kappa shape index (κ3) is 3.72. The van der Waals surface area contributed by atoms with Crippen LogP contribution in [0.1, 0.15) is 43.4 Å². The van der Waals surface area contributed by atoms with Gasteiger partial charge in [-0.15, -0.1) is 0 Å². The third-order valence-corrected chi connectivity index (χ3v) is 4.81. The number of nitrogens with zero attached hydrogens (tertiary/aromatic N) is 3. The van der Waals surface area contributed by atoms with Gasteiger partial charge in [-0.25, -0.2) is 9.78 Å². The van der Waals surface area contributed by atoms with Gasteiger partial charge >= 0.3 is 6.09 Å². The molecule has 0 fully saturated rings. The standard InChI is InChI=1S/C22H26N4O2/c1-13-8-16(9-14(2)23-13)17-11-19-18(24-17)10-15-6-7-26(12-20(15)25-19)21(27)28-22(3,4)5/h8-11,24H,6-7,12H2,1-5H3. The normalized spacial score (nSPS) is 14.2. The minimum Gasteiger partial charge on any atom is -0.444 e. The Hall–Kier alpha value is -2.89. The Morgan fingerprint density at radius 2 is 1.82 bits per heavy atom. The maximum atomic E-state index is 12.4. The molecule has 1 aliphatic rings. The minimum absolute atomic E-state index is 0.280. The first-order valence-electron chi connectivity index (χ1n) is 9.63. The monoisotopic (exact) mass is 378 g/mol.